The minimum Gasteiger partial charge on any atom is -0.508 e. The summed E-state index contributed by atoms with van der Waals surface area (Å²) in [6, 6.07) is 9.12. The summed E-state index contributed by atoms with van der Waals surface area (Å²) < 4.78 is 6.08. The van der Waals surface area contributed by atoms with Gasteiger partial charge in [0.05, 0.1) is 0 Å². The van der Waals surface area contributed by atoms with E-state index < -0.39 is 0 Å². The van der Waals surface area contributed by atoms with Crippen LogP contribution in [0.4, 0.5) is 0 Å². The molecule has 0 fully saturated rings. The summed E-state index contributed by atoms with van der Waals surface area (Å²) in [5, 5.41) is 19.4. The molecule has 0 saturated heterocycles. The third-order valence-corrected chi connectivity index (χ3v) is 3.95. The zero-order chi connectivity index (χ0) is 14.3. The van der Waals surface area contributed by atoms with E-state index in [4.69, 9.17) is 4.74 Å². The molecule has 0 amide bonds. The molecule has 1 atom stereocenters. The zero-order valence-electron chi connectivity index (χ0n) is 11.7. The Bertz CT molecular complexity index is 644. The molecule has 3 nitrogen and oxygen atoms in total. The lowest BCUT2D eigenvalue weighted by molar-refractivity contribution is 0.174. The molecule has 0 saturated carbocycles. The molecule has 0 radical (unpaired) electrons. The number of phenolic OH excluding ortho intramolecular Hbond substituents is 2. The van der Waals surface area contributed by atoms with E-state index in [1.807, 2.05) is 32.0 Å². The van der Waals surface area contributed by atoms with Crippen molar-refractivity contribution in [1.82, 2.24) is 0 Å². The van der Waals surface area contributed by atoms with Crippen LogP contribution in [0.5, 0.6) is 17.2 Å². The van der Waals surface area contributed by atoms with Crippen LogP contribution in [0.3, 0.4) is 0 Å². The van der Waals surface area contributed by atoms with Gasteiger partial charge in [-0.1, -0.05) is 12.1 Å². The molecule has 0 spiro atoms. The van der Waals surface area contributed by atoms with Crippen molar-refractivity contribution in [3.8, 4) is 17.2 Å². The molecule has 0 bridgehead atoms. The highest BCUT2D eigenvalue weighted by molar-refractivity contribution is 5.54. The van der Waals surface area contributed by atoms with Crippen molar-refractivity contribution in [1.29, 1.82) is 0 Å². The minimum absolute atomic E-state index is 0.0242. The Kier molecular flexibility index (Phi) is 3.05. The van der Waals surface area contributed by atoms with E-state index >= 15 is 0 Å². The van der Waals surface area contributed by atoms with Gasteiger partial charge < -0.3 is 14.9 Å². The lowest BCUT2D eigenvalue weighted by atomic mass is 9.94. The molecule has 20 heavy (non-hydrogen) atoms. The Labute approximate surface area is 118 Å². The molecule has 1 aliphatic heterocycles. The standard InChI is InChI=1S/C17H18O3/c1-10-9-13-5-8-15(12-3-6-14(18)7-4-12)20-17(13)11(2)16(10)19/h3-4,6-7,9,15,18-19H,5,8H2,1-2H3. The normalized spacial score (nSPS) is 17.4. The Hall–Kier alpha value is -2.16. The fourth-order valence-corrected chi connectivity index (χ4v) is 2.80. The summed E-state index contributed by atoms with van der Waals surface area (Å²) in [5.41, 5.74) is 3.91. The quantitative estimate of drug-likeness (QED) is 0.829. The lowest BCUT2D eigenvalue weighted by Gasteiger charge is -2.28. The van der Waals surface area contributed by atoms with Crippen LogP contribution in [0.25, 0.3) is 0 Å². The van der Waals surface area contributed by atoms with Crippen LogP contribution in [-0.2, 0) is 6.42 Å². The smallest absolute Gasteiger partial charge is 0.130 e. The summed E-state index contributed by atoms with van der Waals surface area (Å²) in [4.78, 5) is 0. The second kappa shape index (κ2) is 4.75. The number of hydrogen-bond acceptors (Lipinski definition) is 3. The molecule has 1 unspecified atom stereocenters. The van der Waals surface area contributed by atoms with Crippen LogP contribution >= 0.6 is 0 Å². The Balaban J connectivity index is 1.95. The largest absolute Gasteiger partial charge is 0.508 e. The van der Waals surface area contributed by atoms with Gasteiger partial charge in [-0.3, -0.25) is 0 Å². The van der Waals surface area contributed by atoms with Crippen molar-refractivity contribution in [2.24, 2.45) is 0 Å². The first kappa shape index (κ1) is 12.9. The number of phenols is 2. The maximum absolute atomic E-state index is 10.0. The number of aromatic hydroxyl groups is 2. The first-order valence-electron chi connectivity index (χ1n) is 6.84. The molecule has 2 aromatic carbocycles. The highest BCUT2D eigenvalue weighted by Gasteiger charge is 2.24. The second-order valence-corrected chi connectivity index (χ2v) is 5.39. The van der Waals surface area contributed by atoms with Crippen LogP contribution < -0.4 is 4.74 Å². The van der Waals surface area contributed by atoms with Gasteiger partial charge in [-0.2, -0.15) is 0 Å². The Morgan fingerprint density at radius 1 is 1.10 bits per heavy atom. The number of fused-ring (bicyclic) bond motifs is 1. The van der Waals surface area contributed by atoms with E-state index in [0.717, 1.165) is 40.8 Å². The van der Waals surface area contributed by atoms with Gasteiger partial charge in [0.1, 0.15) is 23.4 Å². The molecule has 3 heteroatoms. The van der Waals surface area contributed by atoms with Crippen molar-refractivity contribution in [3.63, 3.8) is 0 Å². The van der Waals surface area contributed by atoms with E-state index in [2.05, 4.69) is 0 Å². The van der Waals surface area contributed by atoms with Crippen molar-refractivity contribution < 1.29 is 14.9 Å². The number of rotatable bonds is 1. The van der Waals surface area contributed by atoms with Gasteiger partial charge in [0, 0.05) is 5.56 Å². The molecular formula is C17H18O3. The minimum atomic E-state index is -0.0242. The predicted molar refractivity (Wildman–Crippen MR) is 77.4 cm³/mol. The molecule has 0 aliphatic carbocycles. The Morgan fingerprint density at radius 2 is 1.80 bits per heavy atom. The van der Waals surface area contributed by atoms with Crippen LogP contribution in [0, 0.1) is 13.8 Å². The third kappa shape index (κ3) is 2.09. The van der Waals surface area contributed by atoms with Crippen molar-refractivity contribution in [3.05, 3.63) is 52.6 Å². The molecule has 3 rings (SSSR count). The van der Waals surface area contributed by atoms with Gasteiger partial charge >= 0.3 is 0 Å². The zero-order valence-corrected chi connectivity index (χ0v) is 11.7. The molecule has 2 N–H and O–H groups in total. The van der Waals surface area contributed by atoms with Gasteiger partial charge in [-0.05, 0) is 61.6 Å². The van der Waals surface area contributed by atoms with Gasteiger partial charge in [0.15, 0.2) is 0 Å². The summed E-state index contributed by atoms with van der Waals surface area (Å²) in [6.07, 6.45) is 1.81. The first-order chi connectivity index (χ1) is 9.56. The monoisotopic (exact) mass is 270 g/mol. The van der Waals surface area contributed by atoms with Crippen molar-refractivity contribution in [2.45, 2.75) is 32.8 Å². The maximum atomic E-state index is 10.0. The van der Waals surface area contributed by atoms with Crippen molar-refractivity contribution >= 4 is 0 Å². The van der Waals surface area contributed by atoms with Gasteiger partial charge in [-0.25, -0.2) is 0 Å². The second-order valence-electron chi connectivity index (χ2n) is 5.39. The fraction of sp³-hybridized carbons (Fsp3) is 0.294. The summed E-state index contributed by atoms with van der Waals surface area (Å²) in [7, 11) is 0. The summed E-state index contributed by atoms with van der Waals surface area (Å²) in [6.45, 7) is 3.80. The highest BCUT2D eigenvalue weighted by atomic mass is 16.5. The highest BCUT2D eigenvalue weighted by Crippen LogP contribution is 2.41. The van der Waals surface area contributed by atoms with Crippen molar-refractivity contribution in [2.75, 3.05) is 0 Å². The average molecular weight is 270 g/mol. The van der Waals surface area contributed by atoms with Gasteiger partial charge in [-0.15, -0.1) is 0 Å². The molecule has 0 aromatic heterocycles. The number of benzene rings is 2. The molecule has 104 valence electrons. The topological polar surface area (TPSA) is 49.7 Å². The van der Waals surface area contributed by atoms with Crippen LogP contribution in [0.1, 0.15) is 34.8 Å². The SMILES string of the molecule is Cc1cc2c(c(C)c1O)OC(c1ccc(O)cc1)CC2. The van der Waals surface area contributed by atoms with E-state index in [-0.39, 0.29) is 11.9 Å². The molecular weight excluding hydrogens is 252 g/mol. The maximum Gasteiger partial charge on any atom is 0.130 e. The molecule has 1 heterocycles. The fourth-order valence-electron chi connectivity index (χ4n) is 2.80. The molecule has 2 aromatic rings. The van der Waals surface area contributed by atoms with Crippen LogP contribution in [0.15, 0.2) is 30.3 Å². The molecule has 1 aliphatic rings. The number of aryl methyl sites for hydroxylation is 2. The Morgan fingerprint density at radius 3 is 2.50 bits per heavy atom. The van der Waals surface area contributed by atoms with Crippen LogP contribution in [0.2, 0.25) is 0 Å². The van der Waals surface area contributed by atoms with E-state index in [1.165, 1.54) is 0 Å². The predicted octanol–water partition coefficient (Wildman–Crippen LogP) is 3.78. The van der Waals surface area contributed by atoms with E-state index in [0.29, 0.717) is 5.75 Å². The van der Waals surface area contributed by atoms with Gasteiger partial charge in [0.2, 0.25) is 0 Å². The van der Waals surface area contributed by atoms with Gasteiger partial charge in [0.25, 0.3) is 0 Å². The summed E-state index contributed by atoms with van der Waals surface area (Å²) in [5.74, 6) is 1.38. The average Bonchev–Trinajstić information content (AvgIpc) is 2.46. The van der Waals surface area contributed by atoms with Crippen LogP contribution in [-0.4, -0.2) is 10.2 Å². The van der Waals surface area contributed by atoms with E-state index in [9.17, 15) is 10.2 Å². The first-order valence-corrected chi connectivity index (χ1v) is 6.84. The third-order valence-electron chi connectivity index (χ3n) is 3.95. The lowest BCUT2D eigenvalue weighted by Crippen LogP contribution is -2.16. The summed E-state index contributed by atoms with van der Waals surface area (Å²) >= 11 is 0. The number of ether oxygens (including phenoxy) is 1. The van der Waals surface area contributed by atoms with E-state index in [1.54, 1.807) is 12.1 Å². The number of hydrogen-bond donors (Lipinski definition) is 2.